The Morgan fingerprint density at radius 2 is 2.00 bits per heavy atom. The van der Waals surface area contributed by atoms with E-state index in [-0.39, 0.29) is 12.7 Å². The van der Waals surface area contributed by atoms with Gasteiger partial charge >= 0.3 is 0 Å². The predicted molar refractivity (Wildman–Crippen MR) is 71.9 cm³/mol. The summed E-state index contributed by atoms with van der Waals surface area (Å²) in [6, 6.07) is 5.63. The third-order valence-electron chi connectivity index (χ3n) is 3.60. The fraction of sp³-hybridized carbons (Fsp3) is 0.500. The Bertz CT molecular complexity index is 470. The summed E-state index contributed by atoms with van der Waals surface area (Å²) in [4.78, 5) is 12.0. The van der Waals surface area contributed by atoms with Crippen LogP contribution in [0.4, 0.5) is 0 Å². The van der Waals surface area contributed by atoms with Gasteiger partial charge in [0.05, 0.1) is 5.54 Å². The number of nitrogens with one attached hydrogen (secondary N) is 1. The van der Waals surface area contributed by atoms with Crippen molar-refractivity contribution in [2.24, 2.45) is 5.73 Å². The van der Waals surface area contributed by atoms with E-state index in [0.717, 1.165) is 17.1 Å². The molecular weight excluding hydrogens is 244 g/mol. The van der Waals surface area contributed by atoms with Crippen LogP contribution < -0.4 is 20.5 Å². The maximum Gasteiger partial charge on any atom is 0.240 e. The highest BCUT2D eigenvalue weighted by Gasteiger charge is 2.29. The second-order valence-electron chi connectivity index (χ2n) is 4.73. The number of carbonyl (C=O) groups excluding carboxylic acids is 1. The zero-order valence-corrected chi connectivity index (χ0v) is 11.4. The van der Waals surface area contributed by atoms with Gasteiger partial charge < -0.3 is 20.5 Å². The van der Waals surface area contributed by atoms with Crippen LogP contribution in [0.5, 0.6) is 11.5 Å². The van der Waals surface area contributed by atoms with Gasteiger partial charge in [-0.15, -0.1) is 0 Å². The van der Waals surface area contributed by atoms with Crippen molar-refractivity contribution in [2.75, 3.05) is 6.79 Å². The first kappa shape index (κ1) is 13.7. The molecule has 0 saturated carbocycles. The van der Waals surface area contributed by atoms with Crippen molar-refractivity contribution in [3.05, 3.63) is 23.8 Å². The third kappa shape index (κ3) is 2.81. The summed E-state index contributed by atoms with van der Waals surface area (Å²) >= 11 is 0. The van der Waals surface area contributed by atoms with Gasteiger partial charge in [-0.1, -0.05) is 19.9 Å². The number of carbonyl (C=O) groups is 1. The number of amides is 1. The number of hydrogen-bond donors (Lipinski definition) is 2. The van der Waals surface area contributed by atoms with Crippen LogP contribution >= 0.6 is 0 Å². The van der Waals surface area contributed by atoms with E-state index in [1.165, 1.54) is 0 Å². The van der Waals surface area contributed by atoms with E-state index >= 15 is 0 Å². The summed E-state index contributed by atoms with van der Waals surface area (Å²) < 4.78 is 10.5. The van der Waals surface area contributed by atoms with Crippen LogP contribution in [-0.2, 0) is 11.3 Å². The van der Waals surface area contributed by atoms with E-state index in [9.17, 15) is 4.79 Å². The fourth-order valence-electron chi connectivity index (χ4n) is 1.98. The first-order chi connectivity index (χ1) is 9.09. The van der Waals surface area contributed by atoms with E-state index in [4.69, 9.17) is 15.2 Å². The molecule has 3 N–H and O–H groups in total. The van der Waals surface area contributed by atoms with Gasteiger partial charge in [0.1, 0.15) is 0 Å². The molecule has 0 radical (unpaired) electrons. The highest BCUT2D eigenvalue weighted by molar-refractivity contribution is 5.85. The maximum atomic E-state index is 12.0. The number of benzene rings is 1. The van der Waals surface area contributed by atoms with Gasteiger partial charge in [-0.05, 0) is 30.5 Å². The van der Waals surface area contributed by atoms with Gasteiger partial charge in [0, 0.05) is 6.54 Å². The minimum atomic E-state index is -0.781. The summed E-state index contributed by atoms with van der Waals surface area (Å²) in [5, 5.41) is 2.87. The number of rotatable bonds is 5. The van der Waals surface area contributed by atoms with Crippen LogP contribution in [0.25, 0.3) is 0 Å². The average molecular weight is 264 g/mol. The molecule has 5 nitrogen and oxygen atoms in total. The summed E-state index contributed by atoms with van der Waals surface area (Å²) in [5.41, 5.74) is 6.22. The van der Waals surface area contributed by atoms with Crippen LogP contribution in [0.2, 0.25) is 0 Å². The Labute approximate surface area is 113 Å². The van der Waals surface area contributed by atoms with E-state index in [1.807, 2.05) is 32.0 Å². The van der Waals surface area contributed by atoms with Crippen LogP contribution in [-0.4, -0.2) is 18.2 Å². The molecule has 1 aliphatic rings. The molecule has 1 aliphatic heterocycles. The Morgan fingerprint density at radius 1 is 1.32 bits per heavy atom. The lowest BCUT2D eigenvalue weighted by Gasteiger charge is -2.25. The molecule has 0 aromatic heterocycles. The van der Waals surface area contributed by atoms with E-state index < -0.39 is 5.54 Å². The molecule has 0 fully saturated rings. The molecule has 104 valence electrons. The summed E-state index contributed by atoms with van der Waals surface area (Å²) in [7, 11) is 0. The first-order valence-corrected chi connectivity index (χ1v) is 6.54. The molecule has 0 bridgehead atoms. The lowest BCUT2D eigenvalue weighted by Crippen LogP contribution is -2.52. The van der Waals surface area contributed by atoms with Crippen molar-refractivity contribution >= 4 is 5.91 Å². The number of nitrogens with two attached hydrogens (primary N) is 1. The van der Waals surface area contributed by atoms with Gasteiger partial charge in [0.2, 0.25) is 12.7 Å². The third-order valence-corrected chi connectivity index (χ3v) is 3.60. The molecule has 1 aromatic rings. The normalized spacial score (nSPS) is 13.4. The van der Waals surface area contributed by atoms with Gasteiger partial charge in [0.25, 0.3) is 0 Å². The maximum absolute atomic E-state index is 12.0. The van der Waals surface area contributed by atoms with Crippen molar-refractivity contribution in [3.8, 4) is 11.5 Å². The fourth-order valence-corrected chi connectivity index (χ4v) is 1.98. The zero-order chi connectivity index (χ0) is 13.9. The van der Waals surface area contributed by atoms with Crippen LogP contribution in [0.3, 0.4) is 0 Å². The molecular formula is C14H20N2O3. The standard InChI is InChI=1S/C14H20N2O3/c1-3-14(15,4-2)13(17)16-8-10-5-6-11-12(7-10)19-9-18-11/h5-7H,3-4,8-9,15H2,1-2H3,(H,16,17). The van der Waals surface area contributed by atoms with Crippen molar-refractivity contribution < 1.29 is 14.3 Å². The van der Waals surface area contributed by atoms with Crippen molar-refractivity contribution in [3.63, 3.8) is 0 Å². The van der Waals surface area contributed by atoms with Gasteiger partial charge in [-0.25, -0.2) is 0 Å². The van der Waals surface area contributed by atoms with Crippen LogP contribution in [0, 0.1) is 0 Å². The molecule has 0 saturated heterocycles. The molecule has 1 amide bonds. The van der Waals surface area contributed by atoms with Gasteiger partial charge in [-0.3, -0.25) is 4.79 Å². The second-order valence-corrected chi connectivity index (χ2v) is 4.73. The lowest BCUT2D eigenvalue weighted by atomic mass is 9.93. The topological polar surface area (TPSA) is 73.6 Å². The minimum absolute atomic E-state index is 0.116. The average Bonchev–Trinajstić information content (AvgIpc) is 2.91. The van der Waals surface area contributed by atoms with E-state index in [2.05, 4.69) is 5.32 Å². The Morgan fingerprint density at radius 3 is 2.68 bits per heavy atom. The Hall–Kier alpha value is -1.75. The van der Waals surface area contributed by atoms with Crippen molar-refractivity contribution in [1.29, 1.82) is 0 Å². The van der Waals surface area contributed by atoms with Gasteiger partial charge in [-0.2, -0.15) is 0 Å². The van der Waals surface area contributed by atoms with Gasteiger partial charge in [0.15, 0.2) is 11.5 Å². The Kier molecular flexibility index (Phi) is 3.95. The van der Waals surface area contributed by atoms with Crippen LogP contribution in [0.1, 0.15) is 32.3 Å². The smallest absolute Gasteiger partial charge is 0.240 e. The molecule has 0 atom stereocenters. The molecule has 1 aromatic carbocycles. The molecule has 5 heteroatoms. The number of hydrogen-bond acceptors (Lipinski definition) is 4. The summed E-state index contributed by atoms with van der Waals surface area (Å²) in [5.74, 6) is 1.34. The molecule has 0 aliphatic carbocycles. The van der Waals surface area contributed by atoms with E-state index in [0.29, 0.717) is 19.4 Å². The molecule has 0 spiro atoms. The number of fused-ring (bicyclic) bond motifs is 1. The highest BCUT2D eigenvalue weighted by atomic mass is 16.7. The first-order valence-electron chi connectivity index (χ1n) is 6.54. The van der Waals surface area contributed by atoms with Crippen LogP contribution in [0.15, 0.2) is 18.2 Å². The molecule has 2 rings (SSSR count). The minimum Gasteiger partial charge on any atom is -0.454 e. The Balaban J connectivity index is 1.97. The molecule has 19 heavy (non-hydrogen) atoms. The SMILES string of the molecule is CCC(N)(CC)C(=O)NCc1ccc2c(c1)OCO2. The monoisotopic (exact) mass is 264 g/mol. The van der Waals surface area contributed by atoms with Crippen molar-refractivity contribution in [1.82, 2.24) is 5.32 Å². The summed E-state index contributed by atoms with van der Waals surface area (Å²) in [6.07, 6.45) is 1.24. The molecule has 0 unspecified atom stereocenters. The lowest BCUT2D eigenvalue weighted by molar-refractivity contribution is -0.126. The summed E-state index contributed by atoms with van der Waals surface area (Å²) in [6.45, 7) is 4.53. The van der Waals surface area contributed by atoms with Crippen molar-refractivity contribution in [2.45, 2.75) is 38.8 Å². The highest BCUT2D eigenvalue weighted by Crippen LogP contribution is 2.32. The second kappa shape index (κ2) is 5.48. The largest absolute Gasteiger partial charge is 0.454 e. The van der Waals surface area contributed by atoms with E-state index in [1.54, 1.807) is 0 Å². The number of ether oxygens (including phenoxy) is 2. The predicted octanol–water partition coefficient (Wildman–Crippen LogP) is 1.55. The molecule has 1 heterocycles. The quantitative estimate of drug-likeness (QED) is 0.846. The zero-order valence-electron chi connectivity index (χ0n) is 11.4.